The molecule has 1 aromatic heterocycles. The number of para-hydroxylation sites is 4. The SMILES string of the molecule is c1ccc(N(c2ccccc2)c2ccc3ccc4c(N(c5ccccc5)c5ncnc6ccccc56)ccc5ccc2c3c54)cc1. The third-order valence-corrected chi connectivity index (χ3v) is 8.88. The molecule has 9 aromatic rings. The van der Waals surface area contributed by atoms with E-state index >= 15 is 0 Å². The van der Waals surface area contributed by atoms with E-state index in [2.05, 4.69) is 166 Å². The van der Waals surface area contributed by atoms with Gasteiger partial charge < -0.3 is 4.90 Å². The second-order valence-electron chi connectivity index (χ2n) is 11.5. The number of nitrogens with zero attached hydrogens (tertiary/aromatic N) is 4. The van der Waals surface area contributed by atoms with Crippen molar-refractivity contribution in [3.63, 3.8) is 0 Å². The van der Waals surface area contributed by atoms with E-state index < -0.39 is 0 Å². The second kappa shape index (κ2) is 10.7. The summed E-state index contributed by atoms with van der Waals surface area (Å²) in [5, 5.41) is 8.31. The Bertz CT molecular complexity index is 2430. The first kappa shape index (κ1) is 26.2. The monoisotopic (exact) mass is 588 g/mol. The van der Waals surface area contributed by atoms with E-state index in [1.807, 2.05) is 12.1 Å². The van der Waals surface area contributed by atoms with E-state index in [0.29, 0.717) is 0 Å². The number of aromatic nitrogens is 2. The Balaban J connectivity index is 1.34. The number of hydrogen-bond donors (Lipinski definition) is 0. The summed E-state index contributed by atoms with van der Waals surface area (Å²) in [4.78, 5) is 14.1. The van der Waals surface area contributed by atoms with Gasteiger partial charge in [-0.25, -0.2) is 9.97 Å². The molecule has 46 heavy (non-hydrogen) atoms. The van der Waals surface area contributed by atoms with Gasteiger partial charge in [-0.1, -0.05) is 103 Å². The minimum Gasteiger partial charge on any atom is -0.310 e. The van der Waals surface area contributed by atoms with E-state index in [0.717, 1.165) is 45.2 Å². The van der Waals surface area contributed by atoms with Crippen molar-refractivity contribution in [2.24, 2.45) is 0 Å². The molecule has 0 atom stereocenters. The summed E-state index contributed by atoms with van der Waals surface area (Å²) in [6.07, 6.45) is 1.66. The Kier molecular flexibility index (Phi) is 6.10. The molecule has 8 aromatic carbocycles. The highest BCUT2D eigenvalue weighted by molar-refractivity contribution is 6.28. The summed E-state index contributed by atoms with van der Waals surface area (Å²) in [7, 11) is 0. The Hall–Kier alpha value is -6.26. The number of rotatable bonds is 6. The zero-order valence-corrected chi connectivity index (χ0v) is 25.0. The standard InChI is InChI=1S/C42H28N4/c1-4-12-31(13-5-1)45(32-14-6-2-7-15-32)38-26-22-29-21-25-36-39(27-23-30-20-24-35(38)40(29)41(30)36)46(33-16-8-3-9-17-33)42-34-18-10-11-19-37(34)43-28-44-42/h1-28H. The van der Waals surface area contributed by atoms with Gasteiger partial charge in [-0.2, -0.15) is 0 Å². The maximum Gasteiger partial charge on any atom is 0.148 e. The van der Waals surface area contributed by atoms with Crippen LogP contribution in [-0.2, 0) is 0 Å². The molecule has 9 rings (SSSR count). The number of fused-ring (bicyclic) bond motifs is 1. The molecular formula is C42H28N4. The molecule has 216 valence electrons. The summed E-state index contributed by atoms with van der Waals surface area (Å²) in [6, 6.07) is 58.0. The predicted molar refractivity (Wildman–Crippen MR) is 193 cm³/mol. The predicted octanol–water partition coefficient (Wildman–Crippen LogP) is 11.5. The molecule has 0 bridgehead atoms. The Morgan fingerprint density at radius 3 is 1.37 bits per heavy atom. The van der Waals surface area contributed by atoms with E-state index in [1.165, 1.54) is 32.3 Å². The summed E-state index contributed by atoms with van der Waals surface area (Å²) in [5.41, 5.74) is 6.42. The van der Waals surface area contributed by atoms with Gasteiger partial charge in [-0.3, -0.25) is 4.90 Å². The van der Waals surface area contributed by atoms with Gasteiger partial charge in [0.2, 0.25) is 0 Å². The number of hydrogen-bond acceptors (Lipinski definition) is 4. The topological polar surface area (TPSA) is 32.3 Å². The average molecular weight is 589 g/mol. The number of benzene rings is 8. The van der Waals surface area contributed by atoms with Crippen LogP contribution in [0.1, 0.15) is 0 Å². The second-order valence-corrected chi connectivity index (χ2v) is 11.5. The highest BCUT2D eigenvalue weighted by atomic mass is 15.2. The van der Waals surface area contributed by atoms with Gasteiger partial charge in [0.1, 0.15) is 12.1 Å². The van der Waals surface area contributed by atoms with E-state index in [9.17, 15) is 0 Å². The van der Waals surface area contributed by atoms with Crippen molar-refractivity contribution < 1.29 is 0 Å². The first-order valence-electron chi connectivity index (χ1n) is 15.5. The fraction of sp³-hybridized carbons (Fsp3) is 0. The van der Waals surface area contributed by atoms with Crippen molar-refractivity contribution in [3.05, 3.63) is 170 Å². The van der Waals surface area contributed by atoms with E-state index in [4.69, 9.17) is 4.98 Å². The van der Waals surface area contributed by atoms with Gasteiger partial charge in [0.15, 0.2) is 0 Å². The summed E-state index contributed by atoms with van der Waals surface area (Å²) >= 11 is 0. The maximum atomic E-state index is 4.88. The van der Waals surface area contributed by atoms with Gasteiger partial charge in [0.05, 0.1) is 16.9 Å². The third-order valence-electron chi connectivity index (χ3n) is 8.88. The van der Waals surface area contributed by atoms with Crippen molar-refractivity contribution in [2.75, 3.05) is 9.80 Å². The molecule has 0 saturated carbocycles. The molecule has 0 N–H and O–H groups in total. The molecule has 0 radical (unpaired) electrons. The van der Waals surface area contributed by atoms with Crippen LogP contribution in [0.25, 0.3) is 43.2 Å². The van der Waals surface area contributed by atoms with Gasteiger partial charge >= 0.3 is 0 Å². The lowest BCUT2D eigenvalue weighted by Gasteiger charge is -2.29. The molecular weight excluding hydrogens is 560 g/mol. The Morgan fingerprint density at radius 1 is 0.348 bits per heavy atom. The summed E-state index contributed by atoms with van der Waals surface area (Å²) in [5.74, 6) is 0.854. The lowest BCUT2D eigenvalue weighted by molar-refractivity contribution is 1.15. The lowest BCUT2D eigenvalue weighted by Crippen LogP contribution is -2.13. The van der Waals surface area contributed by atoms with E-state index in [1.54, 1.807) is 6.33 Å². The van der Waals surface area contributed by atoms with Gasteiger partial charge in [-0.05, 0) is 82.2 Å². The Labute approximate surface area is 266 Å². The molecule has 0 unspecified atom stereocenters. The molecule has 0 fully saturated rings. The molecule has 0 spiro atoms. The molecule has 1 heterocycles. The minimum absolute atomic E-state index is 0.854. The van der Waals surface area contributed by atoms with Crippen molar-refractivity contribution in [2.45, 2.75) is 0 Å². The largest absolute Gasteiger partial charge is 0.310 e. The highest BCUT2D eigenvalue weighted by Crippen LogP contribution is 2.47. The zero-order valence-electron chi connectivity index (χ0n) is 25.0. The first-order valence-corrected chi connectivity index (χ1v) is 15.5. The fourth-order valence-electron chi connectivity index (χ4n) is 6.86. The van der Waals surface area contributed by atoms with Crippen molar-refractivity contribution >= 4 is 77.5 Å². The van der Waals surface area contributed by atoms with Crippen LogP contribution in [0.15, 0.2) is 170 Å². The van der Waals surface area contributed by atoms with Gasteiger partial charge in [-0.15, -0.1) is 0 Å². The van der Waals surface area contributed by atoms with Crippen LogP contribution in [0.2, 0.25) is 0 Å². The van der Waals surface area contributed by atoms with E-state index in [-0.39, 0.29) is 0 Å². The molecule has 4 nitrogen and oxygen atoms in total. The molecule has 4 heteroatoms. The van der Waals surface area contributed by atoms with Crippen LogP contribution in [-0.4, -0.2) is 9.97 Å². The summed E-state index contributed by atoms with van der Waals surface area (Å²) in [6.45, 7) is 0. The van der Waals surface area contributed by atoms with Gasteiger partial charge in [0, 0.05) is 33.2 Å². The Morgan fingerprint density at radius 2 is 0.804 bits per heavy atom. The van der Waals surface area contributed by atoms with Crippen molar-refractivity contribution in [1.82, 2.24) is 9.97 Å². The zero-order chi connectivity index (χ0) is 30.5. The van der Waals surface area contributed by atoms with Crippen LogP contribution in [0.3, 0.4) is 0 Å². The summed E-state index contributed by atoms with van der Waals surface area (Å²) < 4.78 is 0. The lowest BCUT2D eigenvalue weighted by atomic mass is 9.91. The van der Waals surface area contributed by atoms with Crippen LogP contribution >= 0.6 is 0 Å². The maximum absolute atomic E-state index is 4.88. The van der Waals surface area contributed by atoms with Gasteiger partial charge in [0.25, 0.3) is 0 Å². The molecule has 0 aliphatic heterocycles. The smallest absolute Gasteiger partial charge is 0.148 e. The molecule has 0 aliphatic carbocycles. The minimum atomic E-state index is 0.854. The number of anilines is 6. The highest BCUT2D eigenvalue weighted by Gasteiger charge is 2.23. The van der Waals surface area contributed by atoms with Crippen LogP contribution in [0, 0.1) is 0 Å². The average Bonchev–Trinajstić information content (AvgIpc) is 3.13. The normalized spacial score (nSPS) is 11.5. The van der Waals surface area contributed by atoms with Crippen molar-refractivity contribution in [3.8, 4) is 0 Å². The van der Waals surface area contributed by atoms with Crippen LogP contribution in [0.5, 0.6) is 0 Å². The third kappa shape index (κ3) is 4.15. The molecule has 0 aliphatic rings. The quantitative estimate of drug-likeness (QED) is 0.181. The van der Waals surface area contributed by atoms with Crippen LogP contribution in [0.4, 0.5) is 34.3 Å². The fourth-order valence-corrected chi connectivity index (χ4v) is 6.86. The molecule has 0 saturated heterocycles. The van der Waals surface area contributed by atoms with Crippen LogP contribution < -0.4 is 9.80 Å². The first-order chi connectivity index (χ1) is 22.8. The molecule has 0 amide bonds. The van der Waals surface area contributed by atoms with Crippen molar-refractivity contribution in [1.29, 1.82) is 0 Å².